The molecule has 0 spiro atoms. The van der Waals surface area contributed by atoms with Crippen molar-refractivity contribution in [2.75, 3.05) is 24.8 Å². The van der Waals surface area contributed by atoms with E-state index in [4.69, 9.17) is 9.47 Å². The number of rotatable bonds is 7. The molecular formula is C18H19NO5S. The number of ether oxygens (including phenoxy) is 2. The molecular weight excluding hydrogens is 342 g/mol. The highest BCUT2D eigenvalue weighted by Crippen LogP contribution is 2.22. The zero-order valence-corrected chi connectivity index (χ0v) is 14.8. The standard InChI is InChI=1S/C18H19NO5S/c1-3-25(22)16-11-7-4-8-13(16)18(21)24-12-17(20)19-14-9-5-6-10-15(14)23-2/h4-11H,3,12H2,1-2H3,(H,19,20)/t25-/m0/s1. The third-order valence-electron chi connectivity index (χ3n) is 3.33. The second-order valence-corrected chi connectivity index (χ2v) is 6.66. The van der Waals surface area contributed by atoms with Gasteiger partial charge in [0.25, 0.3) is 5.91 Å². The van der Waals surface area contributed by atoms with Crippen LogP contribution in [0.15, 0.2) is 53.4 Å². The van der Waals surface area contributed by atoms with Crippen molar-refractivity contribution >= 4 is 28.4 Å². The van der Waals surface area contributed by atoms with Crippen LogP contribution >= 0.6 is 0 Å². The molecule has 0 saturated carbocycles. The molecule has 0 bridgehead atoms. The maximum atomic E-state index is 12.2. The number of methoxy groups -OCH3 is 1. The zero-order valence-electron chi connectivity index (χ0n) is 14.0. The number of anilines is 1. The van der Waals surface area contributed by atoms with E-state index in [1.165, 1.54) is 13.2 Å². The first-order chi connectivity index (χ1) is 12.1. The lowest BCUT2D eigenvalue weighted by Crippen LogP contribution is -2.21. The van der Waals surface area contributed by atoms with E-state index < -0.39 is 29.3 Å². The van der Waals surface area contributed by atoms with E-state index in [-0.39, 0.29) is 5.56 Å². The van der Waals surface area contributed by atoms with Crippen LogP contribution in [0.2, 0.25) is 0 Å². The summed E-state index contributed by atoms with van der Waals surface area (Å²) < 4.78 is 22.2. The topological polar surface area (TPSA) is 81.7 Å². The van der Waals surface area contributed by atoms with E-state index in [2.05, 4.69) is 5.32 Å². The van der Waals surface area contributed by atoms with Crippen molar-refractivity contribution in [3.05, 3.63) is 54.1 Å². The number of carbonyl (C=O) groups is 2. The minimum Gasteiger partial charge on any atom is -0.495 e. The summed E-state index contributed by atoms with van der Waals surface area (Å²) in [6, 6.07) is 13.4. The molecule has 7 heteroatoms. The van der Waals surface area contributed by atoms with Gasteiger partial charge in [-0.2, -0.15) is 0 Å². The molecule has 6 nitrogen and oxygen atoms in total. The molecule has 1 N–H and O–H groups in total. The van der Waals surface area contributed by atoms with Crippen molar-refractivity contribution in [2.24, 2.45) is 0 Å². The zero-order chi connectivity index (χ0) is 18.2. The Hall–Kier alpha value is -2.67. The van der Waals surface area contributed by atoms with Gasteiger partial charge in [-0.3, -0.25) is 9.00 Å². The second-order valence-electron chi connectivity index (χ2n) is 4.95. The van der Waals surface area contributed by atoms with Crippen LogP contribution < -0.4 is 10.1 Å². The summed E-state index contributed by atoms with van der Waals surface area (Å²) in [6.45, 7) is 1.31. The van der Waals surface area contributed by atoms with Gasteiger partial charge in [0, 0.05) is 5.75 Å². The van der Waals surface area contributed by atoms with Crippen molar-refractivity contribution in [2.45, 2.75) is 11.8 Å². The van der Waals surface area contributed by atoms with E-state index in [1.54, 1.807) is 49.4 Å². The van der Waals surface area contributed by atoms with Crippen molar-refractivity contribution in [3.63, 3.8) is 0 Å². The molecule has 0 aliphatic carbocycles. The molecule has 0 unspecified atom stereocenters. The first kappa shape index (κ1) is 18.7. The Morgan fingerprint density at radius 3 is 2.48 bits per heavy atom. The number of carbonyl (C=O) groups excluding carboxylic acids is 2. The quantitative estimate of drug-likeness (QED) is 0.767. The normalized spacial score (nSPS) is 11.4. The molecule has 132 valence electrons. The van der Waals surface area contributed by atoms with Gasteiger partial charge in [-0.25, -0.2) is 4.79 Å². The number of benzene rings is 2. The minimum absolute atomic E-state index is 0.202. The van der Waals surface area contributed by atoms with Gasteiger partial charge < -0.3 is 14.8 Å². The SMILES string of the molecule is CC[S@](=O)c1ccccc1C(=O)OCC(=O)Nc1ccccc1OC. The molecule has 0 radical (unpaired) electrons. The van der Waals surface area contributed by atoms with Crippen molar-refractivity contribution in [3.8, 4) is 5.75 Å². The molecule has 2 aromatic carbocycles. The van der Waals surface area contributed by atoms with Crippen LogP contribution in [0, 0.1) is 0 Å². The lowest BCUT2D eigenvalue weighted by Gasteiger charge is -2.11. The summed E-state index contributed by atoms with van der Waals surface area (Å²) in [5.74, 6) is -0.288. The van der Waals surface area contributed by atoms with Crippen LogP contribution in [0.5, 0.6) is 5.75 Å². The Morgan fingerprint density at radius 2 is 1.76 bits per heavy atom. The third-order valence-corrected chi connectivity index (χ3v) is 4.70. The Morgan fingerprint density at radius 1 is 1.08 bits per heavy atom. The van der Waals surface area contributed by atoms with Crippen LogP contribution in [-0.2, 0) is 20.3 Å². The van der Waals surface area contributed by atoms with Gasteiger partial charge >= 0.3 is 5.97 Å². The first-order valence-corrected chi connectivity index (χ1v) is 8.96. The largest absolute Gasteiger partial charge is 0.495 e. The van der Waals surface area contributed by atoms with Crippen LogP contribution in [0.3, 0.4) is 0 Å². The van der Waals surface area contributed by atoms with Gasteiger partial charge in [-0.05, 0) is 24.3 Å². The summed E-state index contributed by atoms with van der Waals surface area (Å²) >= 11 is 0. The fourth-order valence-corrected chi connectivity index (χ4v) is 3.07. The fraction of sp³-hybridized carbons (Fsp3) is 0.222. The number of hydrogen-bond donors (Lipinski definition) is 1. The highest BCUT2D eigenvalue weighted by molar-refractivity contribution is 7.85. The number of hydrogen-bond acceptors (Lipinski definition) is 5. The smallest absolute Gasteiger partial charge is 0.339 e. The van der Waals surface area contributed by atoms with Crippen LogP contribution in [0.25, 0.3) is 0 Å². The molecule has 1 atom stereocenters. The molecule has 0 saturated heterocycles. The van der Waals surface area contributed by atoms with Crippen molar-refractivity contribution in [1.82, 2.24) is 0 Å². The minimum atomic E-state index is -1.29. The third kappa shape index (κ3) is 4.90. The molecule has 25 heavy (non-hydrogen) atoms. The lowest BCUT2D eigenvalue weighted by molar-refractivity contribution is -0.119. The molecule has 0 aromatic heterocycles. The highest BCUT2D eigenvalue weighted by Gasteiger charge is 2.17. The average Bonchev–Trinajstić information content (AvgIpc) is 2.65. The Labute approximate surface area is 148 Å². The first-order valence-electron chi connectivity index (χ1n) is 7.64. The second kappa shape index (κ2) is 8.98. The van der Waals surface area contributed by atoms with E-state index >= 15 is 0 Å². The molecule has 2 rings (SSSR count). The molecule has 0 heterocycles. The number of nitrogens with one attached hydrogen (secondary N) is 1. The number of amides is 1. The molecule has 2 aromatic rings. The number of para-hydroxylation sites is 2. The van der Waals surface area contributed by atoms with Gasteiger partial charge in [0.1, 0.15) is 5.75 Å². The Bertz CT molecular complexity index is 791. The molecule has 0 aliphatic rings. The van der Waals surface area contributed by atoms with Gasteiger partial charge in [-0.1, -0.05) is 31.2 Å². The maximum Gasteiger partial charge on any atom is 0.339 e. The van der Waals surface area contributed by atoms with E-state index in [9.17, 15) is 13.8 Å². The lowest BCUT2D eigenvalue weighted by atomic mass is 10.2. The van der Waals surface area contributed by atoms with Gasteiger partial charge in [0.2, 0.25) is 0 Å². The Kier molecular flexibility index (Phi) is 6.71. The van der Waals surface area contributed by atoms with Crippen molar-refractivity contribution in [1.29, 1.82) is 0 Å². The summed E-state index contributed by atoms with van der Waals surface area (Å²) in [5.41, 5.74) is 0.686. The van der Waals surface area contributed by atoms with Gasteiger partial charge in [-0.15, -0.1) is 0 Å². The highest BCUT2D eigenvalue weighted by atomic mass is 32.2. The predicted octanol–water partition coefficient (Wildman–Crippen LogP) is 2.62. The van der Waals surface area contributed by atoms with E-state index in [0.29, 0.717) is 22.1 Å². The van der Waals surface area contributed by atoms with Crippen molar-refractivity contribution < 1.29 is 23.3 Å². The predicted molar refractivity (Wildman–Crippen MR) is 95.3 cm³/mol. The van der Waals surface area contributed by atoms with Gasteiger partial charge in [0.05, 0.1) is 34.1 Å². The van der Waals surface area contributed by atoms with Gasteiger partial charge in [0.15, 0.2) is 6.61 Å². The summed E-state index contributed by atoms with van der Waals surface area (Å²) in [6.07, 6.45) is 0. The molecule has 0 fully saturated rings. The molecule has 0 aliphatic heterocycles. The van der Waals surface area contributed by atoms with Crippen LogP contribution in [-0.4, -0.2) is 35.6 Å². The Balaban J connectivity index is 2.01. The fourth-order valence-electron chi connectivity index (χ4n) is 2.13. The van der Waals surface area contributed by atoms with Crippen LogP contribution in [0.1, 0.15) is 17.3 Å². The van der Waals surface area contributed by atoms with E-state index in [0.717, 1.165) is 0 Å². The summed E-state index contributed by atoms with van der Waals surface area (Å²) in [5, 5.41) is 2.62. The summed E-state index contributed by atoms with van der Waals surface area (Å²) in [4.78, 5) is 24.6. The van der Waals surface area contributed by atoms with Crippen LogP contribution in [0.4, 0.5) is 5.69 Å². The average molecular weight is 361 g/mol. The monoisotopic (exact) mass is 361 g/mol. The summed E-state index contributed by atoms with van der Waals surface area (Å²) in [7, 11) is 0.205. The van der Waals surface area contributed by atoms with E-state index in [1.807, 2.05) is 0 Å². The molecule has 1 amide bonds. The maximum absolute atomic E-state index is 12.2. The number of esters is 1.